The van der Waals surface area contributed by atoms with Crippen molar-refractivity contribution in [2.24, 2.45) is 17.8 Å². The Hall–Kier alpha value is -2.21. The third kappa shape index (κ3) is 2.32. The first kappa shape index (κ1) is 18.2. The Morgan fingerprint density at radius 1 is 1.19 bits per heavy atom. The number of aryl methyl sites for hydroxylation is 1. The Labute approximate surface area is 159 Å². The van der Waals surface area contributed by atoms with Crippen molar-refractivity contribution in [3.8, 4) is 0 Å². The standard InChI is InChI=1S/C21H27N3O3/c1-5-6-9-24-18(25)15-16(19(24)26)21(23-17(15)11(2)3)13-10-12(4)7-8-14(13)22-20(21)27/h7-8,10-11,15-17,23H,5-6,9H2,1-4H3,(H,22,27). The molecule has 3 amide bonds. The van der Waals surface area contributed by atoms with Crippen LogP contribution in [0.2, 0.25) is 0 Å². The van der Waals surface area contributed by atoms with Gasteiger partial charge in [0.15, 0.2) is 0 Å². The normalized spacial score (nSPS) is 31.8. The summed E-state index contributed by atoms with van der Waals surface area (Å²) in [6.07, 6.45) is 1.69. The van der Waals surface area contributed by atoms with Gasteiger partial charge in [0, 0.05) is 23.8 Å². The van der Waals surface area contributed by atoms with E-state index in [-0.39, 0.29) is 29.7 Å². The molecule has 0 aromatic heterocycles. The Bertz CT molecular complexity index is 834. The van der Waals surface area contributed by atoms with Crippen molar-refractivity contribution in [2.75, 3.05) is 11.9 Å². The van der Waals surface area contributed by atoms with E-state index in [1.165, 1.54) is 4.90 Å². The van der Waals surface area contributed by atoms with Crippen LogP contribution in [0.3, 0.4) is 0 Å². The van der Waals surface area contributed by atoms with Gasteiger partial charge >= 0.3 is 0 Å². The number of nitrogens with zero attached hydrogens (tertiary/aromatic N) is 1. The number of carbonyl (C=O) groups is 3. The second-order valence-electron chi connectivity index (χ2n) is 8.41. The molecule has 4 unspecified atom stereocenters. The average molecular weight is 369 g/mol. The molecule has 1 aromatic carbocycles. The number of fused-ring (bicyclic) bond motifs is 4. The smallest absolute Gasteiger partial charge is 0.250 e. The van der Waals surface area contributed by atoms with E-state index in [1.54, 1.807) is 0 Å². The predicted octanol–water partition coefficient (Wildman–Crippen LogP) is 2.17. The number of imide groups is 1. The Morgan fingerprint density at radius 2 is 1.93 bits per heavy atom. The van der Waals surface area contributed by atoms with E-state index in [2.05, 4.69) is 10.6 Å². The molecule has 2 N–H and O–H groups in total. The molecular weight excluding hydrogens is 342 g/mol. The summed E-state index contributed by atoms with van der Waals surface area (Å²) in [7, 11) is 0. The molecule has 0 aliphatic carbocycles. The van der Waals surface area contributed by atoms with Crippen molar-refractivity contribution in [1.82, 2.24) is 10.2 Å². The van der Waals surface area contributed by atoms with E-state index in [0.29, 0.717) is 6.54 Å². The number of anilines is 1. The molecule has 1 spiro atoms. The van der Waals surface area contributed by atoms with Gasteiger partial charge in [-0.25, -0.2) is 0 Å². The zero-order valence-electron chi connectivity index (χ0n) is 16.3. The van der Waals surface area contributed by atoms with Crippen molar-refractivity contribution in [1.29, 1.82) is 0 Å². The van der Waals surface area contributed by atoms with Gasteiger partial charge in [-0.3, -0.25) is 24.6 Å². The second-order valence-corrected chi connectivity index (χ2v) is 8.41. The van der Waals surface area contributed by atoms with Gasteiger partial charge < -0.3 is 5.32 Å². The maximum Gasteiger partial charge on any atom is 0.250 e. The van der Waals surface area contributed by atoms with Crippen molar-refractivity contribution < 1.29 is 14.4 Å². The van der Waals surface area contributed by atoms with Gasteiger partial charge in [-0.15, -0.1) is 0 Å². The first-order valence-electron chi connectivity index (χ1n) is 9.88. The van der Waals surface area contributed by atoms with Crippen LogP contribution in [0.1, 0.15) is 44.7 Å². The first-order valence-corrected chi connectivity index (χ1v) is 9.88. The molecule has 2 saturated heterocycles. The van der Waals surface area contributed by atoms with Gasteiger partial charge in [-0.1, -0.05) is 44.9 Å². The summed E-state index contributed by atoms with van der Waals surface area (Å²) < 4.78 is 0. The Morgan fingerprint density at radius 3 is 2.59 bits per heavy atom. The van der Waals surface area contributed by atoms with Gasteiger partial charge in [-0.2, -0.15) is 0 Å². The van der Waals surface area contributed by atoms with Crippen LogP contribution in [0.25, 0.3) is 0 Å². The minimum absolute atomic E-state index is 0.126. The lowest BCUT2D eigenvalue weighted by molar-refractivity contribution is -0.143. The molecule has 0 radical (unpaired) electrons. The zero-order valence-corrected chi connectivity index (χ0v) is 16.3. The number of carbonyl (C=O) groups excluding carboxylic acids is 3. The molecule has 6 nitrogen and oxygen atoms in total. The van der Waals surface area contributed by atoms with E-state index < -0.39 is 17.4 Å². The molecular formula is C21H27N3O3. The number of rotatable bonds is 4. The van der Waals surface area contributed by atoms with Crippen LogP contribution in [0, 0.1) is 24.7 Å². The van der Waals surface area contributed by atoms with Gasteiger partial charge in [-0.05, 0) is 25.3 Å². The lowest BCUT2D eigenvalue weighted by atomic mass is 9.75. The molecule has 4 atom stereocenters. The van der Waals surface area contributed by atoms with E-state index in [1.807, 2.05) is 45.9 Å². The highest BCUT2D eigenvalue weighted by atomic mass is 16.2. The fourth-order valence-corrected chi connectivity index (χ4v) is 5.02. The van der Waals surface area contributed by atoms with Crippen LogP contribution in [-0.4, -0.2) is 35.2 Å². The fraction of sp³-hybridized carbons (Fsp3) is 0.571. The molecule has 6 heteroatoms. The molecule has 3 aliphatic heterocycles. The number of amides is 3. The zero-order chi connectivity index (χ0) is 19.5. The number of likely N-dealkylation sites (tertiary alicyclic amines) is 1. The largest absolute Gasteiger partial charge is 0.324 e. The third-order valence-electron chi connectivity index (χ3n) is 6.35. The molecule has 4 rings (SSSR count). The summed E-state index contributed by atoms with van der Waals surface area (Å²) >= 11 is 0. The van der Waals surface area contributed by atoms with Crippen LogP contribution >= 0.6 is 0 Å². The maximum atomic E-state index is 13.4. The quantitative estimate of drug-likeness (QED) is 0.798. The van der Waals surface area contributed by atoms with E-state index in [0.717, 1.165) is 29.7 Å². The fourth-order valence-electron chi connectivity index (χ4n) is 5.02. The summed E-state index contributed by atoms with van der Waals surface area (Å²) in [6, 6.07) is 5.58. The summed E-state index contributed by atoms with van der Waals surface area (Å²) in [5.74, 6) is -1.61. The topological polar surface area (TPSA) is 78.5 Å². The van der Waals surface area contributed by atoms with Crippen LogP contribution in [0.5, 0.6) is 0 Å². The number of hydrogen-bond acceptors (Lipinski definition) is 4. The minimum atomic E-state index is -1.16. The first-order chi connectivity index (χ1) is 12.8. The SMILES string of the molecule is CCCCN1C(=O)C2C(C(C)C)NC3(C(=O)Nc4ccc(C)cc43)C2C1=O. The summed E-state index contributed by atoms with van der Waals surface area (Å²) in [4.78, 5) is 41.1. The molecule has 27 heavy (non-hydrogen) atoms. The third-order valence-corrected chi connectivity index (χ3v) is 6.35. The van der Waals surface area contributed by atoms with Crippen molar-refractivity contribution in [3.63, 3.8) is 0 Å². The highest BCUT2D eigenvalue weighted by Crippen LogP contribution is 2.54. The second kappa shape index (κ2) is 6.16. The van der Waals surface area contributed by atoms with Crippen molar-refractivity contribution in [2.45, 2.75) is 52.1 Å². The monoisotopic (exact) mass is 369 g/mol. The van der Waals surface area contributed by atoms with Crippen molar-refractivity contribution >= 4 is 23.4 Å². The number of benzene rings is 1. The minimum Gasteiger partial charge on any atom is -0.324 e. The van der Waals surface area contributed by atoms with Crippen LogP contribution in [-0.2, 0) is 19.9 Å². The molecule has 0 bridgehead atoms. The molecule has 3 aliphatic rings. The van der Waals surface area contributed by atoms with E-state index in [9.17, 15) is 14.4 Å². The average Bonchev–Trinajstić information content (AvgIpc) is 3.20. The molecule has 1 aromatic rings. The number of nitrogens with one attached hydrogen (secondary N) is 2. The van der Waals surface area contributed by atoms with E-state index >= 15 is 0 Å². The Kier molecular flexibility index (Phi) is 4.14. The summed E-state index contributed by atoms with van der Waals surface area (Å²) in [5.41, 5.74) is 1.39. The van der Waals surface area contributed by atoms with Gasteiger partial charge in [0.2, 0.25) is 17.7 Å². The summed E-state index contributed by atoms with van der Waals surface area (Å²) in [5, 5.41) is 6.40. The maximum absolute atomic E-state index is 13.4. The number of unbranched alkanes of at least 4 members (excludes halogenated alkanes) is 1. The van der Waals surface area contributed by atoms with Gasteiger partial charge in [0.1, 0.15) is 5.54 Å². The van der Waals surface area contributed by atoms with Crippen LogP contribution in [0.4, 0.5) is 5.69 Å². The van der Waals surface area contributed by atoms with Crippen molar-refractivity contribution in [3.05, 3.63) is 29.3 Å². The lowest BCUT2D eigenvalue weighted by Gasteiger charge is -2.30. The Balaban J connectivity index is 1.86. The molecule has 0 saturated carbocycles. The number of hydrogen-bond donors (Lipinski definition) is 2. The summed E-state index contributed by atoms with van der Waals surface area (Å²) in [6.45, 7) is 8.51. The highest BCUT2D eigenvalue weighted by Gasteiger charge is 2.70. The molecule has 144 valence electrons. The van der Waals surface area contributed by atoms with Gasteiger partial charge in [0.05, 0.1) is 11.8 Å². The van der Waals surface area contributed by atoms with Crippen LogP contribution in [0.15, 0.2) is 18.2 Å². The lowest BCUT2D eigenvalue weighted by Crippen LogP contribution is -2.54. The predicted molar refractivity (Wildman–Crippen MR) is 102 cm³/mol. The highest BCUT2D eigenvalue weighted by molar-refractivity contribution is 6.15. The van der Waals surface area contributed by atoms with Gasteiger partial charge in [0.25, 0.3) is 0 Å². The van der Waals surface area contributed by atoms with Crippen LogP contribution < -0.4 is 10.6 Å². The molecule has 2 fully saturated rings. The molecule has 3 heterocycles. The van der Waals surface area contributed by atoms with E-state index in [4.69, 9.17) is 0 Å².